The minimum absolute atomic E-state index is 0. The SMILES string of the molecule is CCNC(=NCC1(O)CCCCC1)N1CCC(CN2CCOCC2)C1.I. The van der Waals surface area contributed by atoms with Crippen LogP contribution < -0.4 is 5.32 Å². The van der Waals surface area contributed by atoms with Gasteiger partial charge in [0.05, 0.1) is 25.4 Å². The van der Waals surface area contributed by atoms with E-state index in [1.807, 2.05) is 0 Å². The van der Waals surface area contributed by atoms with Gasteiger partial charge in [0.25, 0.3) is 0 Å². The summed E-state index contributed by atoms with van der Waals surface area (Å²) in [6, 6.07) is 0. The largest absolute Gasteiger partial charge is 0.388 e. The van der Waals surface area contributed by atoms with Crippen LogP contribution in [0, 0.1) is 5.92 Å². The van der Waals surface area contributed by atoms with Gasteiger partial charge in [-0.1, -0.05) is 19.3 Å². The van der Waals surface area contributed by atoms with Crippen molar-refractivity contribution in [1.29, 1.82) is 0 Å². The Balaban J connectivity index is 0.00000243. The molecule has 0 bridgehead atoms. The first-order chi connectivity index (χ1) is 12.2. The zero-order valence-electron chi connectivity index (χ0n) is 16.3. The number of likely N-dealkylation sites (tertiary alicyclic amines) is 1. The third-order valence-electron chi connectivity index (χ3n) is 5.85. The standard InChI is InChI=1S/C19H36N4O2.HI/c1-2-20-18(21-16-19(24)7-4-3-5-8-19)23-9-6-17(15-23)14-22-10-12-25-13-11-22;/h17,24H,2-16H2,1H3,(H,20,21);1H. The molecule has 152 valence electrons. The lowest BCUT2D eigenvalue weighted by molar-refractivity contribution is 0.0130. The molecular weight excluding hydrogens is 443 g/mol. The molecule has 0 spiro atoms. The number of aliphatic hydroxyl groups is 1. The van der Waals surface area contributed by atoms with Gasteiger partial charge in [-0.25, -0.2) is 0 Å². The van der Waals surface area contributed by atoms with E-state index in [2.05, 4.69) is 22.0 Å². The first-order valence-electron chi connectivity index (χ1n) is 10.2. The molecule has 0 radical (unpaired) electrons. The van der Waals surface area contributed by atoms with Gasteiger partial charge in [-0.05, 0) is 32.1 Å². The monoisotopic (exact) mass is 480 g/mol. The molecule has 1 atom stereocenters. The highest BCUT2D eigenvalue weighted by atomic mass is 127. The van der Waals surface area contributed by atoms with Gasteiger partial charge >= 0.3 is 0 Å². The van der Waals surface area contributed by atoms with E-state index in [0.29, 0.717) is 12.5 Å². The van der Waals surface area contributed by atoms with Crippen LogP contribution in [0.3, 0.4) is 0 Å². The van der Waals surface area contributed by atoms with E-state index in [9.17, 15) is 5.11 Å². The summed E-state index contributed by atoms with van der Waals surface area (Å²) in [5, 5.41) is 14.2. The van der Waals surface area contributed by atoms with Gasteiger partial charge in [-0.2, -0.15) is 0 Å². The highest BCUT2D eigenvalue weighted by molar-refractivity contribution is 14.0. The maximum absolute atomic E-state index is 10.7. The number of nitrogens with one attached hydrogen (secondary N) is 1. The van der Waals surface area contributed by atoms with Crippen molar-refractivity contribution in [1.82, 2.24) is 15.1 Å². The van der Waals surface area contributed by atoms with E-state index < -0.39 is 5.60 Å². The third kappa shape index (κ3) is 6.49. The van der Waals surface area contributed by atoms with Crippen molar-refractivity contribution < 1.29 is 9.84 Å². The molecule has 3 aliphatic rings. The highest BCUT2D eigenvalue weighted by Crippen LogP contribution is 2.28. The zero-order chi connectivity index (χ0) is 17.5. The van der Waals surface area contributed by atoms with E-state index in [0.717, 1.165) is 77.6 Å². The quantitative estimate of drug-likeness (QED) is 0.358. The van der Waals surface area contributed by atoms with Crippen molar-refractivity contribution in [2.75, 3.05) is 59.0 Å². The van der Waals surface area contributed by atoms with E-state index >= 15 is 0 Å². The van der Waals surface area contributed by atoms with Crippen molar-refractivity contribution in [3.63, 3.8) is 0 Å². The van der Waals surface area contributed by atoms with Crippen LogP contribution in [0.5, 0.6) is 0 Å². The topological polar surface area (TPSA) is 60.3 Å². The zero-order valence-corrected chi connectivity index (χ0v) is 18.6. The second kappa shape index (κ2) is 11.0. The number of hydrogen-bond acceptors (Lipinski definition) is 4. The summed E-state index contributed by atoms with van der Waals surface area (Å²) in [7, 11) is 0. The Morgan fingerprint density at radius 1 is 1.19 bits per heavy atom. The summed E-state index contributed by atoms with van der Waals surface area (Å²) in [4.78, 5) is 9.74. The molecule has 2 N–H and O–H groups in total. The normalized spacial score (nSPS) is 27.2. The van der Waals surface area contributed by atoms with Gasteiger partial charge < -0.3 is 20.1 Å². The van der Waals surface area contributed by atoms with Gasteiger partial charge in [0.15, 0.2) is 5.96 Å². The number of rotatable bonds is 5. The predicted octanol–water partition coefficient (Wildman–Crippen LogP) is 1.92. The van der Waals surface area contributed by atoms with Gasteiger partial charge in [-0.15, -0.1) is 24.0 Å². The Morgan fingerprint density at radius 2 is 1.92 bits per heavy atom. The molecule has 7 heteroatoms. The molecule has 0 aromatic heterocycles. The fourth-order valence-corrected chi connectivity index (χ4v) is 4.34. The second-order valence-corrected chi connectivity index (χ2v) is 7.97. The number of hydrogen-bond donors (Lipinski definition) is 2. The average molecular weight is 480 g/mol. The van der Waals surface area contributed by atoms with Crippen LogP contribution in [0.15, 0.2) is 4.99 Å². The summed E-state index contributed by atoms with van der Waals surface area (Å²) in [5.41, 5.74) is -0.578. The van der Waals surface area contributed by atoms with Gasteiger partial charge in [0, 0.05) is 39.3 Å². The van der Waals surface area contributed by atoms with E-state index in [1.165, 1.54) is 19.4 Å². The van der Waals surface area contributed by atoms with Gasteiger partial charge in [-0.3, -0.25) is 9.89 Å². The number of aliphatic imine (C=N–C) groups is 1. The lowest BCUT2D eigenvalue weighted by Gasteiger charge is -2.31. The molecule has 1 saturated carbocycles. The van der Waals surface area contributed by atoms with Crippen molar-refractivity contribution in [2.24, 2.45) is 10.9 Å². The average Bonchev–Trinajstić information content (AvgIpc) is 3.08. The lowest BCUT2D eigenvalue weighted by Crippen LogP contribution is -2.43. The first kappa shape index (κ1) is 22.2. The van der Waals surface area contributed by atoms with Crippen molar-refractivity contribution in [2.45, 2.75) is 51.0 Å². The minimum Gasteiger partial charge on any atom is -0.388 e. The smallest absolute Gasteiger partial charge is 0.194 e. The molecule has 6 nitrogen and oxygen atoms in total. The molecule has 3 fully saturated rings. The van der Waals surface area contributed by atoms with Crippen LogP contribution in [0.2, 0.25) is 0 Å². The van der Waals surface area contributed by atoms with Gasteiger partial charge in [0.2, 0.25) is 0 Å². The van der Waals surface area contributed by atoms with Crippen LogP contribution in [0.1, 0.15) is 45.4 Å². The third-order valence-corrected chi connectivity index (χ3v) is 5.85. The molecule has 0 aromatic carbocycles. The number of guanidine groups is 1. The van der Waals surface area contributed by atoms with E-state index in [4.69, 9.17) is 9.73 Å². The predicted molar refractivity (Wildman–Crippen MR) is 116 cm³/mol. The molecule has 2 aliphatic heterocycles. The second-order valence-electron chi connectivity index (χ2n) is 7.97. The van der Waals surface area contributed by atoms with Crippen molar-refractivity contribution in [3.8, 4) is 0 Å². The minimum atomic E-state index is -0.578. The van der Waals surface area contributed by atoms with Crippen LogP contribution >= 0.6 is 24.0 Å². The molecule has 2 saturated heterocycles. The molecule has 2 heterocycles. The number of morpholine rings is 1. The fourth-order valence-electron chi connectivity index (χ4n) is 4.34. The van der Waals surface area contributed by atoms with Crippen LogP contribution in [0.25, 0.3) is 0 Å². The van der Waals surface area contributed by atoms with Gasteiger partial charge in [0.1, 0.15) is 0 Å². The molecule has 26 heavy (non-hydrogen) atoms. The summed E-state index contributed by atoms with van der Waals surface area (Å²) in [6.45, 7) is 10.7. The number of nitrogens with zero attached hydrogens (tertiary/aromatic N) is 3. The summed E-state index contributed by atoms with van der Waals surface area (Å²) >= 11 is 0. The van der Waals surface area contributed by atoms with Crippen LogP contribution in [-0.4, -0.2) is 85.5 Å². The van der Waals surface area contributed by atoms with Crippen LogP contribution in [0.4, 0.5) is 0 Å². The molecule has 0 amide bonds. The Morgan fingerprint density at radius 3 is 2.62 bits per heavy atom. The Kier molecular flexibility index (Phi) is 9.40. The molecule has 1 unspecified atom stereocenters. The Bertz CT molecular complexity index is 437. The molecule has 0 aromatic rings. The van der Waals surface area contributed by atoms with Crippen molar-refractivity contribution >= 4 is 29.9 Å². The van der Waals surface area contributed by atoms with E-state index in [1.54, 1.807) is 0 Å². The molecule has 3 rings (SSSR count). The summed E-state index contributed by atoms with van der Waals surface area (Å²) in [5.74, 6) is 1.70. The Labute approximate surface area is 175 Å². The summed E-state index contributed by atoms with van der Waals surface area (Å²) < 4.78 is 5.45. The lowest BCUT2D eigenvalue weighted by atomic mass is 9.85. The number of halogens is 1. The van der Waals surface area contributed by atoms with E-state index in [-0.39, 0.29) is 24.0 Å². The van der Waals surface area contributed by atoms with Crippen LogP contribution in [-0.2, 0) is 4.74 Å². The maximum Gasteiger partial charge on any atom is 0.194 e. The highest BCUT2D eigenvalue weighted by Gasteiger charge is 2.31. The summed E-state index contributed by atoms with van der Waals surface area (Å²) in [6.07, 6.45) is 6.54. The maximum atomic E-state index is 10.7. The number of ether oxygens (including phenoxy) is 1. The Hall–Kier alpha value is -0.120. The fraction of sp³-hybridized carbons (Fsp3) is 0.947. The molecule has 1 aliphatic carbocycles. The first-order valence-corrected chi connectivity index (χ1v) is 10.2. The molecular formula is C19H37IN4O2. The van der Waals surface area contributed by atoms with Crippen molar-refractivity contribution in [3.05, 3.63) is 0 Å².